The fourth-order valence-corrected chi connectivity index (χ4v) is 5.07. The second-order valence-corrected chi connectivity index (χ2v) is 10.5. The van der Waals surface area contributed by atoms with Crippen LogP contribution in [0.25, 0.3) is 0 Å². The van der Waals surface area contributed by atoms with Gasteiger partial charge in [-0.15, -0.1) is 0 Å². The number of amides is 2. The van der Waals surface area contributed by atoms with Crippen LogP contribution in [-0.4, -0.2) is 44.8 Å². The molecule has 0 spiro atoms. The van der Waals surface area contributed by atoms with Crippen LogP contribution in [0.5, 0.6) is 0 Å². The lowest BCUT2D eigenvalue weighted by Crippen LogP contribution is -2.50. The smallest absolute Gasteiger partial charge is 0.264 e. The lowest BCUT2D eigenvalue weighted by atomic mass is 10.1. The van der Waals surface area contributed by atoms with E-state index >= 15 is 0 Å². The number of aryl methyl sites for hydroxylation is 2. The van der Waals surface area contributed by atoms with Crippen LogP contribution >= 0.6 is 0 Å². The minimum atomic E-state index is -4.11. The minimum Gasteiger partial charge on any atom is -0.357 e. The maximum absolute atomic E-state index is 13.7. The second kappa shape index (κ2) is 11.3. The fourth-order valence-electron chi connectivity index (χ4n) is 3.66. The SMILES string of the molecule is CNC(=O)C(C)N(Cc1ccc(F)cc1)C(=O)CN(c1ccc(C)cc1)S(=O)(=O)c1ccc(C)cc1. The standard InChI is InChI=1S/C27H30FN3O4S/c1-19-5-13-24(14-6-19)31(36(34,35)25-15-7-20(2)8-16-25)18-26(32)30(21(3)27(33)29-4)17-22-9-11-23(28)12-10-22/h5-16,21H,17-18H2,1-4H3,(H,29,33). The monoisotopic (exact) mass is 511 g/mol. The van der Waals surface area contributed by atoms with Crippen LogP contribution in [0, 0.1) is 19.7 Å². The van der Waals surface area contributed by atoms with E-state index in [0.717, 1.165) is 15.4 Å². The first kappa shape index (κ1) is 26.9. The van der Waals surface area contributed by atoms with Gasteiger partial charge in [0.1, 0.15) is 18.4 Å². The highest BCUT2D eigenvalue weighted by molar-refractivity contribution is 7.92. The van der Waals surface area contributed by atoms with E-state index in [1.165, 1.54) is 48.3 Å². The predicted molar refractivity (Wildman–Crippen MR) is 137 cm³/mol. The van der Waals surface area contributed by atoms with Gasteiger partial charge in [-0.25, -0.2) is 12.8 Å². The number of carbonyl (C=O) groups excluding carboxylic acids is 2. The summed E-state index contributed by atoms with van der Waals surface area (Å²) in [5.41, 5.74) is 2.76. The van der Waals surface area contributed by atoms with Crippen molar-refractivity contribution in [3.63, 3.8) is 0 Å². The number of benzene rings is 3. The Balaban J connectivity index is 2.01. The van der Waals surface area contributed by atoms with Crippen molar-refractivity contribution in [2.24, 2.45) is 0 Å². The van der Waals surface area contributed by atoms with Gasteiger partial charge < -0.3 is 10.2 Å². The Hall–Kier alpha value is -3.72. The molecule has 2 amide bonds. The van der Waals surface area contributed by atoms with Crippen molar-refractivity contribution in [1.82, 2.24) is 10.2 Å². The first-order chi connectivity index (χ1) is 17.0. The van der Waals surface area contributed by atoms with E-state index in [2.05, 4.69) is 5.32 Å². The molecule has 0 aliphatic heterocycles. The number of anilines is 1. The fraction of sp³-hybridized carbons (Fsp3) is 0.259. The highest BCUT2D eigenvalue weighted by Crippen LogP contribution is 2.25. The topological polar surface area (TPSA) is 86.8 Å². The zero-order valence-corrected chi connectivity index (χ0v) is 21.5. The van der Waals surface area contributed by atoms with Crippen molar-refractivity contribution >= 4 is 27.5 Å². The second-order valence-electron chi connectivity index (χ2n) is 8.60. The van der Waals surface area contributed by atoms with Gasteiger partial charge in [-0.2, -0.15) is 0 Å². The minimum absolute atomic E-state index is 0.0000170. The Morgan fingerprint density at radius 1 is 0.889 bits per heavy atom. The number of likely N-dealkylation sites (N-methyl/N-ethyl adjacent to an activating group) is 1. The maximum atomic E-state index is 13.7. The molecule has 0 heterocycles. The average Bonchev–Trinajstić information content (AvgIpc) is 2.86. The van der Waals surface area contributed by atoms with Gasteiger partial charge in [0.05, 0.1) is 10.6 Å². The highest BCUT2D eigenvalue weighted by atomic mass is 32.2. The Kier molecular flexibility index (Phi) is 8.47. The van der Waals surface area contributed by atoms with Crippen LogP contribution < -0.4 is 9.62 Å². The van der Waals surface area contributed by atoms with Gasteiger partial charge in [0.15, 0.2) is 0 Å². The van der Waals surface area contributed by atoms with Crippen LogP contribution in [0.2, 0.25) is 0 Å². The molecular formula is C27H30FN3O4S. The molecule has 36 heavy (non-hydrogen) atoms. The van der Waals surface area contributed by atoms with Crippen LogP contribution in [0.15, 0.2) is 77.7 Å². The molecule has 0 bridgehead atoms. The average molecular weight is 512 g/mol. The molecule has 1 atom stereocenters. The molecule has 1 unspecified atom stereocenters. The van der Waals surface area contributed by atoms with E-state index in [1.807, 2.05) is 13.8 Å². The quantitative estimate of drug-likeness (QED) is 0.474. The highest BCUT2D eigenvalue weighted by Gasteiger charge is 2.32. The molecule has 1 N–H and O–H groups in total. The van der Waals surface area contributed by atoms with Crippen molar-refractivity contribution in [3.05, 3.63) is 95.3 Å². The summed E-state index contributed by atoms with van der Waals surface area (Å²) in [4.78, 5) is 27.4. The summed E-state index contributed by atoms with van der Waals surface area (Å²) in [5.74, 6) is -1.41. The number of hydrogen-bond acceptors (Lipinski definition) is 4. The van der Waals surface area contributed by atoms with Crippen molar-refractivity contribution < 1.29 is 22.4 Å². The number of sulfonamides is 1. The molecule has 7 nitrogen and oxygen atoms in total. The largest absolute Gasteiger partial charge is 0.357 e. The maximum Gasteiger partial charge on any atom is 0.264 e. The van der Waals surface area contributed by atoms with E-state index in [-0.39, 0.29) is 11.4 Å². The molecule has 0 aliphatic rings. The molecule has 3 rings (SSSR count). The number of carbonyl (C=O) groups is 2. The summed E-state index contributed by atoms with van der Waals surface area (Å²) >= 11 is 0. The van der Waals surface area contributed by atoms with Crippen molar-refractivity contribution in [2.45, 2.75) is 38.3 Å². The Morgan fingerprint density at radius 3 is 1.94 bits per heavy atom. The molecule has 0 radical (unpaired) electrons. The van der Waals surface area contributed by atoms with E-state index < -0.39 is 40.2 Å². The van der Waals surface area contributed by atoms with Gasteiger partial charge >= 0.3 is 0 Å². The molecule has 0 saturated carbocycles. The van der Waals surface area contributed by atoms with Crippen LogP contribution in [0.1, 0.15) is 23.6 Å². The van der Waals surface area contributed by atoms with Crippen LogP contribution in [-0.2, 0) is 26.2 Å². The van der Waals surface area contributed by atoms with Crippen molar-refractivity contribution in [3.8, 4) is 0 Å². The zero-order valence-electron chi connectivity index (χ0n) is 20.7. The van der Waals surface area contributed by atoms with Crippen molar-refractivity contribution in [1.29, 1.82) is 0 Å². The summed E-state index contributed by atoms with van der Waals surface area (Å²) in [5, 5.41) is 2.52. The third kappa shape index (κ3) is 6.28. The molecule has 0 aromatic heterocycles. The van der Waals surface area contributed by atoms with E-state index in [9.17, 15) is 22.4 Å². The molecule has 9 heteroatoms. The number of nitrogens with one attached hydrogen (secondary N) is 1. The summed E-state index contributed by atoms with van der Waals surface area (Å²) in [6, 6.07) is 17.9. The number of hydrogen-bond donors (Lipinski definition) is 1. The lowest BCUT2D eigenvalue weighted by molar-refractivity contribution is -0.139. The number of halogens is 1. The third-order valence-electron chi connectivity index (χ3n) is 5.89. The number of rotatable bonds is 9. The van der Waals surface area contributed by atoms with E-state index in [0.29, 0.717) is 11.3 Å². The van der Waals surface area contributed by atoms with Crippen LogP contribution in [0.3, 0.4) is 0 Å². The van der Waals surface area contributed by atoms with E-state index in [1.54, 1.807) is 43.3 Å². The zero-order chi connectivity index (χ0) is 26.5. The molecule has 3 aromatic carbocycles. The van der Waals surface area contributed by atoms with Crippen molar-refractivity contribution in [2.75, 3.05) is 17.9 Å². The molecule has 3 aromatic rings. The molecule has 0 saturated heterocycles. The summed E-state index contributed by atoms with van der Waals surface area (Å²) in [6.45, 7) is 4.77. The van der Waals surface area contributed by atoms with E-state index in [4.69, 9.17) is 0 Å². The van der Waals surface area contributed by atoms with Gasteiger partial charge in [-0.05, 0) is 62.7 Å². The normalized spacial score (nSPS) is 12.0. The number of nitrogens with zero attached hydrogens (tertiary/aromatic N) is 2. The van der Waals surface area contributed by atoms with Gasteiger partial charge in [0, 0.05) is 13.6 Å². The Bertz CT molecular complexity index is 1310. The first-order valence-corrected chi connectivity index (χ1v) is 12.9. The van der Waals surface area contributed by atoms with Gasteiger partial charge in [0.2, 0.25) is 11.8 Å². The Labute approximate surface area is 211 Å². The Morgan fingerprint density at radius 2 is 1.42 bits per heavy atom. The van der Waals surface area contributed by atoms with Gasteiger partial charge in [-0.3, -0.25) is 13.9 Å². The van der Waals surface area contributed by atoms with Gasteiger partial charge in [-0.1, -0.05) is 47.5 Å². The predicted octanol–water partition coefficient (Wildman–Crippen LogP) is 3.80. The first-order valence-electron chi connectivity index (χ1n) is 11.4. The molecule has 190 valence electrons. The molecular weight excluding hydrogens is 481 g/mol. The summed E-state index contributed by atoms with van der Waals surface area (Å²) in [6.07, 6.45) is 0. The molecule has 0 aliphatic carbocycles. The van der Waals surface area contributed by atoms with Crippen LogP contribution in [0.4, 0.5) is 10.1 Å². The third-order valence-corrected chi connectivity index (χ3v) is 7.68. The van der Waals surface area contributed by atoms with Gasteiger partial charge in [0.25, 0.3) is 10.0 Å². The summed E-state index contributed by atoms with van der Waals surface area (Å²) in [7, 11) is -2.65. The molecule has 0 fully saturated rings. The summed E-state index contributed by atoms with van der Waals surface area (Å²) < 4.78 is 41.8. The lowest BCUT2D eigenvalue weighted by Gasteiger charge is -2.31.